The second-order valence-corrected chi connectivity index (χ2v) is 5.34. The molecule has 0 saturated heterocycles. The van der Waals surface area contributed by atoms with E-state index in [0.717, 1.165) is 12.8 Å². The number of aliphatic carboxylic acids is 1. The molecule has 1 aromatic rings. The van der Waals surface area contributed by atoms with Crippen molar-refractivity contribution >= 4 is 5.97 Å². The molecule has 1 saturated carbocycles. The zero-order chi connectivity index (χ0) is 11.8. The molecule has 0 aliphatic heterocycles. The first-order valence-corrected chi connectivity index (χ1v) is 5.75. The highest BCUT2D eigenvalue weighted by molar-refractivity contribution is 5.69. The van der Waals surface area contributed by atoms with Crippen LogP contribution >= 0.6 is 0 Å². The second kappa shape index (κ2) is 3.62. The van der Waals surface area contributed by atoms with Crippen molar-refractivity contribution in [1.82, 2.24) is 0 Å². The number of hydrogen-bond acceptors (Lipinski definition) is 1. The molecule has 1 N–H and O–H groups in total. The molecule has 0 aromatic heterocycles. The van der Waals surface area contributed by atoms with Crippen molar-refractivity contribution in [1.29, 1.82) is 0 Å². The monoisotopic (exact) mass is 218 g/mol. The zero-order valence-electron chi connectivity index (χ0n) is 9.86. The van der Waals surface area contributed by atoms with E-state index in [1.54, 1.807) is 0 Å². The fraction of sp³-hybridized carbons (Fsp3) is 0.500. The molecule has 0 spiro atoms. The highest BCUT2D eigenvalue weighted by atomic mass is 16.4. The highest BCUT2D eigenvalue weighted by Gasteiger charge is 2.55. The number of benzene rings is 1. The van der Waals surface area contributed by atoms with Gasteiger partial charge in [0.05, 0.1) is 6.42 Å². The molecule has 1 fully saturated rings. The number of carbonyl (C=O) groups is 1. The third kappa shape index (κ3) is 1.73. The van der Waals surface area contributed by atoms with E-state index in [0.29, 0.717) is 0 Å². The maximum atomic E-state index is 10.9. The lowest BCUT2D eigenvalue weighted by Crippen LogP contribution is -2.32. The Kier molecular flexibility index (Phi) is 2.53. The largest absolute Gasteiger partial charge is 0.481 e. The minimum absolute atomic E-state index is 0.0276. The number of hydrogen-bond donors (Lipinski definition) is 1. The molecule has 1 aliphatic carbocycles. The summed E-state index contributed by atoms with van der Waals surface area (Å²) in [5, 5.41) is 9.00. The van der Waals surface area contributed by atoms with Crippen LogP contribution in [0.15, 0.2) is 30.3 Å². The summed E-state index contributed by atoms with van der Waals surface area (Å²) < 4.78 is 0. The van der Waals surface area contributed by atoms with E-state index < -0.39 is 5.97 Å². The van der Waals surface area contributed by atoms with Gasteiger partial charge in [0.15, 0.2) is 0 Å². The lowest BCUT2D eigenvalue weighted by atomic mass is 9.69. The first-order chi connectivity index (χ1) is 7.48. The number of carboxylic acid groups (broad SMARTS) is 1. The molecule has 0 bridgehead atoms. The summed E-state index contributed by atoms with van der Waals surface area (Å²) in [5.74, 6) is -0.679. The van der Waals surface area contributed by atoms with Crippen LogP contribution in [0.3, 0.4) is 0 Å². The first-order valence-electron chi connectivity index (χ1n) is 5.75. The standard InChI is InChI=1S/C14H18O2/c1-13(2,11-6-4-3-5-7-11)14(8-9-14)10-12(15)16/h3-7H,8-10H2,1-2H3,(H,15,16). The van der Waals surface area contributed by atoms with Crippen LogP contribution in [0, 0.1) is 5.41 Å². The van der Waals surface area contributed by atoms with Gasteiger partial charge in [-0.2, -0.15) is 0 Å². The van der Waals surface area contributed by atoms with Gasteiger partial charge < -0.3 is 5.11 Å². The predicted molar refractivity (Wildman–Crippen MR) is 63.4 cm³/mol. The van der Waals surface area contributed by atoms with Gasteiger partial charge in [-0.1, -0.05) is 44.2 Å². The second-order valence-electron chi connectivity index (χ2n) is 5.34. The van der Waals surface area contributed by atoms with Gasteiger partial charge >= 0.3 is 5.97 Å². The lowest BCUT2D eigenvalue weighted by molar-refractivity contribution is -0.139. The van der Waals surface area contributed by atoms with E-state index in [-0.39, 0.29) is 17.3 Å². The van der Waals surface area contributed by atoms with Crippen LogP contribution in [0.2, 0.25) is 0 Å². The quantitative estimate of drug-likeness (QED) is 0.842. The summed E-state index contributed by atoms with van der Waals surface area (Å²) in [6.07, 6.45) is 2.34. The first kappa shape index (κ1) is 11.2. The third-order valence-corrected chi connectivity index (χ3v) is 4.16. The Balaban J connectivity index is 2.29. The Hall–Kier alpha value is -1.31. The summed E-state index contributed by atoms with van der Waals surface area (Å²) in [7, 11) is 0. The highest BCUT2D eigenvalue weighted by Crippen LogP contribution is 2.61. The van der Waals surface area contributed by atoms with Crippen molar-refractivity contribution in [3.63, 3.8) is 0 Å². The molecule has 0 radical (unpaired) electrons. The van der Waals surface area contributed by atoms with Crippen molar-refractivity contribution in [3.05, 3.63) is 35.9 Å². The number of rotatable bonds is 4. The Labute approximate surface area is 96.3 Å². The van der Waals surface area contributed by atoms with Crippen LogP contribution in [0.1, 0.15) is 38.7 Å². The van der Waals surface area contributed by atoms with E-state index >= 15 is 0 Å². The molecule has 0 atom stereocenters. The molecular weight excluding hydrogens is 200 g/mol. The summed E-state index contributed by atoms with van der Waals surface area (Å²) in [6, 6.07) is 10.2. The average molecular weight is 218 g/mol. The maximum absolute atomic E-state index is 10.9. The minimum atomic E-state index is -0.679. The molecule has 1 aromatic carbocycles. The molecule has 1 aliphatic rings. The smallest absolute Gasteiger partial charge is 0.303 e. The van der Waals surface area contributed by atoms with E-state index in [4.69, 9.17) is 5.11 Å². The van der Waals surface area contributed by atoms with Gasteiger partial charge in [0.1, 0.15) is 0 Å². The zero-order valence-corrected chi connectivity index (χ0v) is 9.86. The summed E-state index contributed by atoms with van der Waals surface area (Å²) in [6.45, 7) is 4.33. The van der Waals surface area contributed by atoms with Gasteiger partial charge in [-0.05, 0) is 29.2 Å². The Morgan fingerprint density at radius 1 is 1.31 bits per heavy atom. The van der Waals surface area contributed by atoms with E-state index in [9.17, 15) is 4.79 Å². The van der Waals surface area contributed by atoms with Crippen LogP contribution < -0.4 is 0 Å². The summed E-state index contributed by atoms with van der Waals surface area (Å²) in [4.78, 5) is 10.9. The van der Waals surface area contributed by atoms with Crippen LogP contribution in [0.4, 0.5) is 0 Å². The molecule has 86 valence electrons. The molecular formula is C14H18O2. The van der Waals surface area contributed by atoms with Gasteiger partial charge in [-0.3, -0.25) is 4.79 Å². The van der Waals surface area contributed by atoms with E-state index in [2.05, 4.69) is 26.0 Å². The molecule has 0 unspecified atom stereocenters. The van der Waals surface area contributed by atoms with Crippen LogP contribution in [0.25, 0.3) is 0 Å². The molecule has 2 nitrogen and oxygen atoms in total. The van der Waals surface area contributed by atoms with Crippen LogP contribution in [-0.2, 0) is 10.2 Å². The number of carboxylic acids is 1. The van der Waals surface area contributed by atoms with Crippen LogP contribution in [0.5, 0.6) is 0 Å². The Bertz CT molecular complexity index is 388. The SMILES string of the molecule is CC(C)(c1ccccc1)C1(CC(=O)O)CC1. The topological polar surface area (TPSA) is 37.3 Å². The van der Waals surface area contributed by atoms with Gasteiger partial charge in [0.2, 0.25) is 0 Å². The van der Waals surface area contributed by atoms with Crippen molar-refractivity contribution < 1.29 is 9.90 Å². The van der Waals surface area contributed by atoms with Crippen molar-refractivity contribution in [3.8, 4) is 0 Å². The normalized spacial score (nSPS) is 18.1. The fourth-order valence-corrected chi connectivity index (χ4v) is 2.62. The minimum Gasteiger partial charge on any atom is -0.481 e. The lowest BCUT2D eigenvalue weighted by Gasteiger charge is -2.34. The van der Waals surface area contributed by atoms with Gasteiger partial charge in [-0.25, -0.2) is 0 Å². The molecule has 0 amide bonds. The van der Waals surface area contributed by atoms with Gasteiger partial charge in [-0.15, -0.1) is 0 Å². The maximum Gasteiger partial charge on any atom is 0.303 e. The third-order valence-electron chi connectivity index (χ3n) is 4.16. The molecule has 16 heavy (non-hydrogen) atoms. The molecule has 0 heterocycles. The summed E-state index contributed by atoms with van der Waals surface area (Å²) >= 11 is 0. The Morgan fingerprint density at radius 2 is 1.88 bits per heavy atom. The van der Waals surface area contributed by atoms with Gasteiger partial charge in [0.25, 0.3) is 0 Å². The van der Waals surface area contributed by atoms with Crippen LogP contribution in [-0.4, -0.2) is 11.1 Å². The van der Waals surface area contributed by atoms with Gasteiger partial charge in [0, 0.05) is 0 Å². The molecule has 2 heteroatoms. The molecule has 2 rings (SSSR count). The average Bonchev–Trinajstić information content (AvgIpc) is 2.99. The van der Waals surface area contributed by atoms with Crippen molar-refractivity contribution in [2.24, 2.45) is 5.41 Å². The summed E-state index contributed by atoms with van der Waals surface area (Å²) in [5.41, 5.74) is 1.17. The predicted octanol–water partition coefficient (Wildman–Crippen LogP) is 3.22. The van der Waals surface area contributed by atoms with E-state index in [1.807, 2.05) is 18.2 Å². The van der Waals surface area contributed by atoms with Crippen molar-refractivity contribution in [2.75, 3.05) is 0 Å². The van der Waals surface area contributed by atoms with Crippen molar-refractivity contribution in [2.45, 2.75) is 38.5 Å². The van der Waals surface area contributed by atoms with E-state index in [1.165, 1.54) is 5.56 Å². The fourth-order valence-electron chi connectivity index (χ4n) is 2.62. The Morgan fingerprint density at radius 3 is 2.31 bits per heavy atom.